The van der Waals surface area contributed by atoms with Crippen molar-refractivity contribution in [1.82, 2.24) is 14.9 Å². The van der Waals surface area contributed by atoms with Gasteiger partial charge in [-0.2, -0.15) is 0 Å². The van der Waals surface area contributed by atoms with Gasteiger partial charge in [0.15, 0.2) is 5.78 Å². The van der Waals surface area contributed by atoms with Crippen LogP contribution in [0.4, 0.5) is 5.69 Å². The minimum Gasteiger partial charge on any atom is -0.379 e. The molecule has 6 nitrogen and oxygen atoms in total. The third kappa shape index (κ3) is 4.64. The highest BCUT2D eigenvalue weighted by molar-refractivity contribution is 6.45. The molecule has 2 heterocycles. The second kappa shape index (κ2) is 9.03. The zero-order valence-corrected chi connectivity index (χ0v) is 17.9. The number of hydrogen-bond donors (Lipinski definition) is 2. The average molecular weight is 404 g/mol. The molecular weight excluding hydrogens is 374 g/mol. The van der Waals surface area contributed by atoms with Crippen molar-refractivity contribution in [1.29, 1.82) is 5.41 Å². The molecule has 2 aromatic rings. The van der Waals surface area contributed by atoms with Gasteiger partial charge in [0.05, 0.1) is 6.54 Å². The Balaban J connectivity index is 1.83. The lowest BCUT2D eigenvalue weighted by molar-refractivity contribution is -0.111. The maximum absolute atomic E-state index is 11.9. The van der Waals surface area contributed by atoms with Gasteiger partial charge in [0, 0.05) is 54.4 Å². The number of nitrogens with zero attached hydrogens (tertiary/aromatic N) is 3. The minimum atomic E-state index is -0.283. The maximum atomic E-state index is 11.9. The van der Waals surface area contributed by atoms with Crippen molar-refractivity contribution in [2.75, 3.05) is 18.4 Å². The summed E-state index contributed by atoms with van der Waals surface area (Å²) in [7, 11) is 0. The van der Waals surface area contributed by atoms with Crippen molar-refractivity contribution < 1.29 is 4.79 Å². The Hall–Kier alpha value is -3.28. The number of ketones is 1. The summed E-state index contributed by atoms with van der Waals surface area (Å²) in [6.07, 6.45) is 6.55. The van der Waals surface area contributed by atoms with Gasteiger partial charge in [0.1, 0.15) is 11.5 Å². The third-order valence-corrected chi connectivity index (χ3v) is 5.47. The number of rotatable bonds is 8. The predicted molar refractivity (Wildman–Crippen MR) is 122 cm³/mol. The first-order valence-corrected chi connectivity index (χ1v) is 10.1. The first kappa shape index (κ1) is 21.4. The Morgan fingerprint density at radius 3 is 2.67 bits per heavy atom. The van der Waals surface area contributed by atoms with Gasteiger partial charge < -0.3 is 10.2 Å². The van der Waals surface area contributed by atoms with Crippen molar-refractivity contribution in [2.24, 2.45) is 5.92 Å². The van der Waals surface area contributed by atoms with Crippen LogP contribution in [0.5, 0.6) is 0 Å². The number of anilines is 1. The summed E-state index contributed by atoms with van der Waals surface area (Å²) in [4.78, 5) is 22.7. The van der Waals surface area contributed by atoms with E-state index in [4.69, 9.17) is 5.41 Å². The lowest BCUT2D eigenvalue weighted by atomic mass is 9.99. The van der Waals surface area contributed by atoms with Crippen LogP contribution in [0.1, 0.15) is 31.7 Å². The van der Waals surface area contributed by atoms with Crippen LogP contribution in [0.2, 0.25) is 0 Å². The maximum Gasteiger partial charge on any atom is 0.178 e. The number of likely N-dealkylation sites (tertiary alicyclic amines) is 1. The van der Waals surface area contributed by atoms with Crippen molar-refractivity contribution >= 4 is 17.2 Å². The molecule has 0 saturated carbocycles. The van der Waals surface area contributed by atoms with Crippen molar-refractivity contribution in [2.45, 2.75) is 33.2 Å². The monoisotopic (exact) mass is 403 g/mol. The summed E-state index contributed by atoms with van der Waals surface area (Å²) < 4.78 is 0. The summed E-state index contributed by atoms with van der Waals surface area (Å²) in [5.74, 6) is 1.01. The SMILES string of the molecule is C=CC1CC(C)CN1C(=C)CNc1ccc(-c2cnc(C)nc2)cc1C(=N)C(C)=O. The minimum absolute atomic E-state index is 0.0308. The van der Waals surface area contributed by atoms with Gasteiger partial charge in [-0.25, -0.2) is 9.97 Å². The standard InChI is InChI=1S/C24H29N5O/c1-6-21-9-15(2)14-29(21)16(3)11-28-23-8-7-19(10-22(23)24(25)17(4)30)20-12-26-18(5)27-13-20/h6-8,10,12-13,15,21,25,28H,1,3,9,11,14H2,2,4-5H3. The summed E-state index contributed by atoms with van der Waals surface area (Å²) in [5.41, 5.74) is 3.94. The normalized spacial score (nSPS) is 18.2. The van der Waals surface area contributed by atoms with Crippen LogP contribution in [-0.4, -0.2) is 45.5 Å². The Morgan fingerprint density at radius 1 is 1.33 bits per heavy atom. The predicted octanol–water partition coefficient (Wildman–Crippen LogP) is 4.23. The quantitative estimate of drug-likeness (QED) is 0.509. The molecule has 0 aliphatic carbocycles. The van der Waals surface area contributed by atoms with Gasteiger partial charge in [-0.15, -0.1) is 6.58 Å². The zero-order chi connectivity index (χ0) is 21.8. The Bertz CT molecular complexity index is 980. The largest absolute Gasteiger partial charge is 0.379 e. The molecular formula is C24H29N5O. The van der Waals surface area contributed by atoms with E-state index in [-0.39, 0.29) is 11.5 Å². The van der Waals surface area contributed by atoms with Crippen molar-refractivity contribution in [3.8, 4) is 11.1 Å². The number of aromatic nitrogens is 2. The second-order valence-electron chi connectivity index (χ2n) is 7.93. The molecule has 1 fully saturated rings. The molecule has 30 heavy (non-hydrogen) atoms. The first-order chi connectivity index (χ1) is 14.3. The number of hydrogen-bond acceptors (Lipinski definition) is 6. The summed E-state index contributed by atoms with van der Waals surface area (Å²) in [6, 6.07) is 5.98. The summed E-state index contributed by atoms with van der Waals surface area (Å²) in [5, 5.41) is 11.7. The highest BCUT2D eigenvalue weighted by atomic mass is 16.1. The Kier molecular flexibility index (Phi) is 6.45. The molecule has 0 spiro atoms. The van der Waals surface area contributed by atoms with Crippen LogP contribution in [0.25, 0.3) is 11.1 Å². The fraction of sp³-hybridized carbons (Fsp3) is 0.333. The molecule has 1 aromatic heterocycles. The van der Waals surface area contributed by atoms with E-state index in [0.29, 0.717) is 29.9 Å². The van der Waals surface area contributed by atoms with Gasteiger partial charge in [-0.05, 0) is 37.0 Å². The van der Waals surface area contributed by atoms with Gasteiger partial charge in [-0.1, -0.05) is 25.6 Å². The Morgan fingerprint density at radius 2 is 2.03 bits per heavy atom. The van der Waals surface area contributed by atoms with Crippen LogP contribution < -0.4 is 5.32 Å². The number of Topliss-reactive ketones (excluding diaryl/α,β-unsaturated/α-hetero) is 1. The van der Waals surface area contributed by atoms with E-state index in [1.807, 2.05) is 31.2 Å². The molecule has 156 valence electrons. The van der Waals surface area contributed by atoms with Gasteiger partial charge in [-0.3, -0.25) is 10.2 Å². The van der Waals surface area contributed by atoms with Crippen molar-refractivity contribution in [3.05, 3.63) is 66.9 Å². The number of carbonyl (C=O) groups is 1. The molecule has 3 rings (SSSR count). The van der Waals surface area contributed by atoms with Crippen molar-refractivity contribution in [3.63, 3.8) is 0 Å². The van der Waals surface area contributed by atoms with E-state index in [2.05, 4.69) is 40.3 Å². The number of nitrogens with one attached hydrogen (secondary N) is 2. The third-order valence-electron chi connectivity index (χ3n) is 5.47. The van der Waals surface area contributed by atoms with Gasteiger partial charge in [0.25, 0.3) is 0 Å². The molecule has 0 amide bonds. The fourth-order valence-corrected chi connectivity index (χ4v) is 3.79. The number of aryl methyl sites for hydroxylation is 1. The molecule has 1 aliphatic rings. The molecule has 0 bridgehead atoms. The van der Waals surface area contributed by atoms with Crippen LogP contribution >= 0.6 is 0 Å². The number of benzene rings is 1. The smallest absolute Gasteiger partial charge is 0.178 e. The topological polar surface area (TPSA) is 82.0 Å². The molecule has 2 atom stereocenters. The van der Waals surface area contributed by atoms with E-state index in [1.54, 1.807) is 12.4 Å². The highest BCUT2D eigenvalue weighted by Gasteiger charge is 2.28. The van der Waals surface area contributed by atoms with Crippen LogP contribution in [0.15, 0.2) is 55.5 Å². The van der Waals surface area contributed by atoms with Crippen LogP contribution in [0, 0.1) is 18.3 Å². The molecule has 0 radical (unpaired) electrons. The highest BCUT2D eigenvalue weighted by Crippen LogP contribution is 2.28. The van der Waals surface area contributed by atoms with E-state index in [0.717, 1.165) is 35.5 Å². The Labute approximate surface area is 178 Å². The molecule has 1 aliphatic heterocycles. The van der Waals surface area contributed by atoms with Crippen LogP contribution in [-0.2, 0) is 4.79 Å². The van der Waals surface area contributed by atoms with E-state index < -0.39 is 0 Å². The lowest BCUT2D eigenvalue weighted by Crippen LogP contribution is -2.30. The molecule has 2 unspecified atom stereocenters. The average Bonchev–Trinajstić information content (AvgIpc) is 3.12. The lowest BCUT2D eigenvalue weighted by Gasteiger charge is -2.27. The summed E-state index contributed by atoms with van der Waals surface area (Å²) >= 11 is 0. The summed E-state index contributed by atoms with van der Waals surface area (Å²) in [6.45, 7) is 15.2. The number of carbonyl (C=O) groups excluding carboxylic acids is 1. The van der Waals surface area contributed by atoms with Gasteiger partial charge in [0.2, 0.25) is 0 Å². The van der Waals surface area contributed by atoms with E-state index in [9.17, 15) is 4.79 Å². The van der Waals surface area contributed by atoms with Gasteiger partial charge >= 0.3 is 0 Å². The molecule has 1 aromatic carbocycles. The second-order valence-corrected chi connectivity index (χ2v) is 7.93. The van der Waals surface area contributed by atoms with E-state index in [1.165, 1.54) is 6.92 Å². The fourth-order valence-electron chi connectivity index (χ4n) is 3.79. The zero-order valence-electron chi connectivity index (χ0n) is 17.9. The van der Waals surface area contributed by atoms with Crippen LogP contribution in [0.3, 0.4) is 0 Å². The molecule has 2 N–H and O–H groups in total. The first-order valence-electron chi connectivity index (χ1n) is 10.1. The molecule has 6 heteroatoms. The molecule has 1 saturated heterocycles. The van der Waals surface area contributed by atoms with E-state index >= 15 is 0 Å².